The van der Waals surface area contributed by atoms with Crippen LogP contribution in [0.15, 0.2) is 12.1 Å². The van der Waals surface area contributed by atoms with Crippen LogP contribution >= 0.6 is 0 Å². The molecule has 0 fully saturated rings. The summed E-state index contributed by atoms with van der Waals surface area (Å²) in [6.07, 6.45) is 13.6. The Morgan fingerprint density at radius 2 is 1.00 bits per heavy atom. The summed E-state index contributed by atoms with van der Waals surface area (Å²) in [6.45, 7) is 9.73. The molecule has 0 saturated heterocycles. The Bertz CT molecular complexity index is 677. The highest BCUT2D eigenvalue weighted by molar-refractivity contribution is 6.04. The van der Waals surface area contributed by atoms with Crippen LogP contribution in [0.1, 0.15) is 125 Å². The van der Waals surface area contributed by atoms with E-state index in [1.54, 1.807) is 12.1 Å². The molecule has 0 unspecified atom stereocenters. The highest BCUT2D eigenvalue weighted by Crippen LogP contribution is 2.47. The molecule has 2 rings (SSSR count). The van der Waals surface area contributed by atoms with Crippen molar-refractivity contribution >= 4 is 11.9 Å². The van der Waals surface area contributed by atoms with Crippen molar-refractivity contribution in [2.75, 3.05) is 13.2 Å². The fraction of sp³-hybridized carbons (Fsp3) is 0.714. The molecule has 1 aliphatic heterocycles. The van der Waals surface area contributed by atoms with Gasteiger partial charge in [0.05, 0.1) is 24.3 Å². The minimum Gasteiger partial charge on any atom is -0.462 e. The summed E-state index contributed by atoms with van der Waals surface area (Å²) < 4.78 is 16.2. The van der Waals surface area contributed by atoms with E-state index in [0.717, 1.165) is 50.4 Å². The number of hydrogen-bond acceptors (Lipinski definition) is 5. The van der Waals surface area contributed by atoms with Gasteiger partial charge in [-0.25, -0.2) is 9.59 Å². The largest absolute Gasteiger partial charge is 0.462 e. The second-order valence-corrected chi connectivity index (χ2v) is 10.1. The van der Waals surface area contributed by atoms with Gasteiger partial charge in [0.1, 0.15) is 0 Å². The van der Waals surface area contributed by atoms with Gasteiger partial charge in [0.2, 0.25) is 0 Å². The Kier molecular flexibility index (Phi) is 12.3. The highest BCUT2D eigenvalue weighted by atomic mass is 16.6. The van der Waals surface area contributed by atoms with Crippen molar-refractivity contribution in [3.8, 4) is 11.5 Å². The standard InChI is InChI=1S/C28H44O5/c1-21(2)15-11-7-5-9-13-17-31-27(29)23-19-25-26(33-25)20-24(23)28(30)32-18-14-10-6-8-12-16-22(3)4/h19-22H,5-18H2,1-4H3. The highest BCUT2D eigenvalue weighted by Gasteiger charge is 2.29. The number of esters is 2. The van der Waals surface area contributed by atoms with Gasteiger partial charge in [-0.05, 0) is 24.7 Å². The van der Waals surface area contributed by atoms with Gasteiger partial charge in [0.15, 0.2) is 11.5 Å². The SMILES string of the molecule is CC(C)CCCCCCCOC(=O)c1cc2c(cc1C(=O)OCCCCCCCC(C)C)O2. The summed E-state index contributed by atoms with van der Waals surface area (Å²) in [5, 5.41) is 0. The van der Waals surface area contributed by atoms with Gasteiger partial charge in [-0.2, -0.15) is 0 Å². The predicted octanol–water partition coefficient (Wildman–Crippen LogP) is 8.10. The lowest BCUT2D eigenvalue weighted by molar-refractivity contribution is 0.0450. The molecular weight excluding hydrogens is 416 g/mol. The summed E-state index contributed by atoms with van der Waals surface area (Å²) in [6, 6.07) is 3.18. The smallest absolute Gasteiger partial charge is 0.339 e. The maximum Gasteiger partial charge on any atom is 0.339 e. The Morgan fingerprint density at radius 3 is 1.39 bits per heavy atom. The van der Waals surface area contributed by atoms with Crippen LogP contribution < -0.4 is 4.74 Å². The first kappa shape index (κ1) is 27.2. The second-order valence-electron chi connectivity index (χ2n) is 10.1. The molecule has 0 aliphatic carbocycles. The molecule has 0 amide bonds. The minimum atomic E-state index is -0.481. The van der Waals surface area contributed by atoms with Crippen LogP contribution in [0.2, 0.25) is 0 Å². The van der Waals surface area contributed by atoms with Crippen LogP contribution in [0.5, 0.6) is 11.5 Å². The molecule has 1 aromatic rings. The zero-order valence-corrected chi connectivity index (χ0v) is 21.3. The molecule has 186 valence electrons. The van der Waals surface area contributed by atoms with E-state index in [2.05, 4.69) is 27.7 Å². The average Bonchev–Trinajstić information content (AvgIpc) is 3.54. The molecule has 0 N–H and O–H groups in total. The minimum absolute atomic E-state index is 0.238. The van der Waals surface area contributed by atoms with E-state index in [0.29, 0.717) is 24.7 Å². The Morgan fingerprint density at radius 1 is 0.636 bits per heavy atom. The first-order valence-electron chi connectivity index (χ1n) is 13.1. The Hall–Kier alpha value is -2.04. The van der Waals surface area contributed by atoms with Crippen molar-refractivity contribution in [3.05, 3.63) is 23.3 Å². The van der Waals surface area contributed by atoms with E-state index in [1.165, 1.54) is 38.5 Å². The average molecular weight is 461 g/mol. The van der Waals surface area contributed by atoms with E-state index < -0.39 is 11.9 Å². The molecule has 5 heteroatoms. The molecule has 33 heavy (non-hydrogen) atoms. The van der Waals surface area contributed by atoms with E-state index in [4.69, 9.17) is 14.2 Å². The van der Waals surface area contributed by atoms with Gasteiger partial charge >= 0.3 is 11.9 Å². The summed E-state index contributed by atoms with van der Waals surface area (Å²) in [4.78, 5) is 25.2. The number of benzene rings is 1. The van der Waals surface area contributed by atoms with Crippen LogP contribution in [-0.4, -0.2) is 25.2 Å². The number of carbonyl (C=O) groups excluding carboxylic acids is 2. The van der Waals surface area contributed by atoms with E-state index in [-0.39, 0.29) is 11.1 Å². The van der Waals surface area contributed by atoms with Crippen molar-refractivity contribution in [1.82, 2.24) is 0 Å². The number of ether oxygens (including phenoxy) is 3. The lowest BCUT2D eigenvalue weighted by Gasteiger charge is -2.09. The van der Waals surface area contributed by atoms with Crippen molar-refractivity contribution < 1.29 is 23.8 Å². The number of fused-ring (bicyclic) bond motifs is 1. The zero-order chi connectivity index (χ0) is 24.1. The first-order chi connectivity index (χ1) is 15.9. The van der Waals surface area contributed by atoms with Crippen LogP contribution in [0, 0.1) is 11.8 Å². The molecule has 0 aromatic heterocycles. The summed E-state index contributed by atoms with van der Waals surface area (Å²) in [5.74, 6) is 1.81. The lowest BCUT2D eigenvalue weighted by Crippen LogP contribution is -2.14. The van der Waals surface area contributed by atoms with Gasteiger partial charge < -0.3 is 14.2 Å². The summed E-state index contributed by atoms with van der Waals surface area (Å²) in [5.41, 5.74) is 0.476. The summed E-state index contributed by atoms with van der Waals surface area (Å²) >= 11 is 0. The van der Waals surface area contributed by atoms with Crippen LogP contribution in [0.25, 0.3) is 0 Å². The van der Waals surface area contributed by atoms with Crippen molar-refractivity contribution in [2.24, 2.45) is 11.8 Å². The predicted molar refractivity (Wildman–Crippen MR) is 132 cm³/mol. The topological polar surface area (TPSA) is 65.1 Å². The molecule has 5 nitrogen and oxygen atoms in total. The molecule has 1 aromatic carbocycles. The number of carbonyl (C=O) groups is 2. The quantitative estimate of drug-likeness (QED) is 0.128. The number of hydrogen-bond donors (Lipinski definition) is 0. The van der Waals surface area contributed by atoms with Gasteiger partial charge in [0, 0.05) is 12.1 Å². The zero-order valence-electron chi connectivity index (χ0n) is 21.3. The van der Waals surface area contributed by atoms with Gasteiger partial charge in [-0.3, -0.25) is 0 Å². The van der Waals surface area contributed by atoms with E-state index in [1.807, 2.05) is 0 Å². The van der Waals surface area contributed by atoms with E-state index in [9.17, 15) is 9.59 Å². The van der Waals surface area contributed by atoms with Crippen LogP contribution in [0.4, 0.5) is 0 Å². The number of unbranched alkanes of at least 4 members (excludes halogenated alkanes) is 8. The Balaban J connectivity index is 1.67. The Labute approximate surface area is 200 Å². The monoisotopic (exact) mass is 460 g/mol. The van der Waals surface area contributed by atoms with Crippen molar-refractivity contribution in [2.45, 2.75) is 105 Å². The van der Waals surface area contributed by atoms with Gasteiger partial charge in [-0.1, -0.05) is 91.9 Å². The van der Waals surface area contributed by atoms with Crippen molar-refractivity contribution in [1.29, 1.82) is 0 Å². The normalized spacial score (nSPS) is 11.9. The lowest BCUT2D eigenvalue weighted by atomic mass is 10.0. The van der Waals surface area contributed by atoms with Crippen LogP contribution in [0.3, 0.4) is 0 Å². The molecule has 0 atom stereocenters. The van der Waals surface area contributed by atoms with Gasteiger partial charge in [-0.15, -0.1) is 0 Å². The number of rotatable bonds is 18. The molecular formula is C28H44O5. The summed E-state index contributed by atoms with van der Waals surface area (Å²) in [7, 11) is 0. The fourth-order valence-corrected chi connectivity index (χ4v) is 3.90. The fourth-order valence-electron chi connectivity index (χ4n) is 3.90. The molecule has 1 heterocycles. The maximum absolute atomic E-state index is 12.6. The molecule has 0 saturated carbocycles. The third-order valence-electron chi connectivity index (χ3n) is 6.02. The third kappa shape index (κ3) is 11.1. The third-order valence-corrected chi connectivity index (χ3v) is 6.02. The molecule has 0 bridgehead atoms. The van der Waals surface area contributed by atoms with Crippen molar-refractivity contribution in [3.63, 3.8) is 0 Å². The first-order valence-corrected chi connectivity index (χ1v) is 13.1. The molecule has 0 radical (unpaired) electrons. The van der Waals surface area contributed by atoms with E-state index >= 15 is 0 Å². The van der Waals surface area contributed by atoms with Crippen LogP contribution in [-0.2, 0) is 9.47 Å². The maximum atomic E-state index is 12.6. The molecule has 1 aliphatic rings. The van der Waals surface area contributed by atoms with Gasteiger partial charge in [0.25, 0.3) is 0 Å². The molecule has 0 spiro atoms. The second kappa shape index (κ2) is 15.0.